The van der Waals surface area contributed by atoms with Gasteiger partial charge in [-0.3, -0.25) is 0 Å². The molecule has 0 unspecified atom stereocenters. The van der Waals surface area contributed by atoms with Crippen molar-refractivity contribution in [2.45, 2.75) is 20.3 Å². The maximum Gasteiger partial charge on any atom is -0.00231 e. The van der Waals surface area contributed by atoms with Crippen molar-refractivity contribution in [1.29, 1.82) is 0 Å². The Morgan fingerprint density at radius 1 is 0.619 bits per heavy atom. The summed E-state index contributed by atoms with van der Waals surface area (Å²) >= 11 is 0. The minimum Gasteiger partial charge on any atom is -0.0620 e. The second kappa shape index (κ2) is 5.97. The highest BCUT2D eigenvalue weighted by molar-refractivity contribution is 5.64. The van der Waals surface area contributed by atoms with Crippen LogP contribution in [0.1, 0.15) is 22.3 Å². The van der Waals surface area contributed by atoms with E-state index in [1.807, 2.05) is 0 Å². The molecule has 21 heavy (non-hydrogen) atoms. The first-order chi connectivity index (χ1) is 10.2. The molecule has 0 radical (unpaired) electrons. The minimum atomic E-state index is 1.00. The Morgan fingerprint density at radius 3 is 1.81 bits per heavy atom. The predicted molar refractivity (Wildman–Crippen MR) is 90.6 cm³/mol. The van der Waals surface area contributed by atoms with E-state index in [1.54, 1.807) is 0 Å². The van der Waals surface area contributed by atoms with Crippen molar-refractivity contribution in [2.75, 3.05) is 0 Å². The Labute approximate surface area is 127 Å². The van der Waals surface area contributed by atoms with Crippen LogP contribution in [-0.2, 0) is 6.42 Å². The zero-order valence-electron chi connectivity index (χ0n) is 12.6. The van der Waals surface area contributed by atoms with Gasteiger partial charge in [-0.1, -0.05) is 78.4 Å². The summed E-state index contributed by atoms with van der Waals surface area (Å²) in [6.45, 7) is 4.30. The van der Waals surface area contributed by atoms with Crippen molar-refractivity contribution in [1.82, 2.24) is 0 Å². The van der Waals surface area contributed by atoms with Crippen LogP contribution in [0.15, 0.2) is 72.8 Å². The molecular formula is C21H20. The molecule has 0 amide bonds. The zero-order valence-corrected chi connectivity index (χ0v) is 12.6. The van der Waals surface area contributed by atoms with E-state index in [4.69, 9.17) is 0 Å². The third-order valence-electron chi connectivity index (χ3n) is 3.99. The standard InChI is InChI=1S/C21H20/c1-16-7-11-19(12-8-16)20-13-9-18(10-14-20)15-21-6-4-3-5-17(21)2/h3-14H,15H2,1-2H3. The molecule has 104 valence electrons. The SMILES string of the molecule is Cc1ccc(-c2ccc(Cc3ccccc3C)cc2)cc1. The average Bonchev–Trinajstić information content (AvgIpc) is 2.51. The number of benzene rings is 3. The highest BCUT2D eigenvalue weighted by Crippen LogP contribution is 2.21. The average molecular weight is 272 g/mol. The van der Waals surface area contributed by atoms with Gasteiger partial charge in [-0.2, -0.15) is 0 Å². The first-order valence-electron chi connectivity index (χ1n) is 7.43. The molecule has 0 atom stereocenters. The summed E-state index contributed by atoms with van der Waals surface area (Å²) in [6.07, 6.45) is 1.00. The third-order valence-corrected chi connectivity index (χ3v) is 3.99. The Hall–Kier alpha value is -2.34. The van der Waals surface area contributed by atoms with Crippen LogP contribution >= 0.6 is 0 Å². The van der Waals surface area contributed by atoms with Crippen LogP contribution in [-0.4, -0.2) is 0 Å². The molecule has 0 bridgehead atoms. The molecule has 3 aromatic carbocycles. The summed E-state index contributed by atoms with van der Waals surface area (Å²) in [5.74, 6) is 0. The number of hydrogen-bond donors (Lipinski definition) is 0. The molecule has 0 fully saturated rings. The Balaban J connectivity index is 1.81. The number of aryl methyl sites for hydroxylation is 2. The normalized spacial score (nSPS) is 10.6. The second-order valence-corrected chi connectivity index (χ2v) is 5.67. The van der Waals surface area contributed by atoms with E-state index >= 15 is 0 Å². The first kappa shape index (κ1) is 13.6. The fraction of sp³-hybridized carbons (Fsp3) is 0.143. The molecule has 3 aromatic rings. The van der Waals surface area contributed by atoms with Crippen molar-refractivity contribution >= 4 is 0 Å². The lowest BCUT2D eigenvalue weighted by atomic mass is 9.98. The largest absolute Gasteiger partial charge is 0.0620 e. The topological polar surface area (TPSA) is 0 Å². The highest BCUT2D eigenvalue weighted by Gasteiger charge is 2.01. The van der Waals surface area contributed by atoms with Gasteiger partial charge in [0, 0.05) is 0 Å². The van der Waals surface area contributed by atoms with Gasteiger partial charge < -0.3 is 0 Å². The van der Waals surface area contributed by atoms with E-state index in [2.05, 4.69) is 86.6 Å². The van der Waals surface area contributed by atoms with Crippen molar-refractivity contribution in [2.24, 2.45) is 0 Å². The van der Waals surface area contributed by atoms with Crippen molar-refractivity contribution in [3.8, 4) is 11.1 Å². The zero-order chi connectivity index (χ0) is 14.7. The van der Waals surface area contributed by atoms with E-state index in [0.717, 1.165) is 6.42 Å². The van der Waals surface area contributed by atoms with Gasteiger partial charge in [0.15, 0.2) is 0 Å². The van der Waals surface area contributed by atoms with Crippen LogP contribution in [0.2, 0.25) is 0 Å². The van der Waals surface area contributed by atoms with E-state index in [9.17, 15) is 0 Å². The lowest BCUT2D eigenvalue weighted by molar-refractivity contribution is 1.16. The molecule has 0 heterocycles. The van der Waals surface area contributed by atoms with Crippen LogP contribution in [0.5, 0.6) is 0 Å². The third kappa shape index (κ3) is 3.22. The summed E-state index contributed by atoms with van der Waals surface area (Å²) in [7, 11) is 0. The molecule has 0 aromatic heterocycles. The van der Waals surface area contributed by atoms with Gasteiger partial charge in [0.1, 0.15) is 0 Å². The van der Waals surface area contributed by atoms with E-state index in [-0.39, 0.29) is 0 Å². The van der Waals surface area contributed by atoms with Gasteiger partial charge in [-0.25, -0.2) is 0 Å². The predicted octanol–water partition coefficient (Wildman–Crippen LogP) is 5.56. The van der Waals surface area contributed by atoms with Crippen LogP contribution in [0, 0.1) is 13.8 Å². The molecular weight excluding hydrogens is 252 g/mol. The minimum absolute atomic E-state index is 1.00. The molecule has 0 N–H and O–H groups in total. The Kier molecular flexibility index (Phi) is 3.87. The van der Waals surface area contributed by atoms with E-state index < -0.39 is 0 Å². The lowest BCUT2D eigenvalue weighted by Crippen LogP contribution is -1.91. The first-order valence-corrected chi connectivity index (χ1v) is 7.43. The number of hydrogen-bond acceptors (Lipinski definition) is 0. The molecule has 3 rings (SSSR count). The molecule has 0 saturated carbocycles. The van der Waals surface area contributed by atoms with Gasteiger partial charge in [-0.15, -0.1) is 0 Å². The van der Waals surface area contributed by atoms with Crippen molar-refractivity contribution < 1.29 is 0 Å². The van der Waals surface area contributed by atoms with Gasteiger partial charge >= 0.3 is 0 Å². The number of rotatable bonds is 3. The summed E-state index contributed by atoms with van der Waals surface area (Å²) in [6, 6.07) is 26.2. The monoisotopic (exact) mass is 272 g/mol. The van der Waals surface area contributed by atoms with E-state index in [0.29, 0.717) is 0 Å². The molecule has 0 aliphatic heterocycles. The van der Waals surface area contributed by atoms with Crippen LogP contribution in [0.4, 0.5) is 0 Å². The van der Waals surface area contributed by atoms with Crippen LogP contribution < -0.4 is 0 Å². The molecule has 0 aliphatic rings. The Bertz CT molecular complexity index is 719. The van der Waals surface area contributed by atoms with Gasteiger partial charge in [0.05, 0.1) is 0 Å². The van der Waals surface area contributed by atoms with Crippen molar-refractivity contribution in [3.63, 3.8) is 0 Å². The fourth-order valence-electron chi connectivity index (χ4n) is 2.59. The molecule has 0 nitrogen and oxygen atoms in total. The highest BCUT2D eigenvalue weighted by atomic mass is 14.1. The van der Waals surface area contributed by atoms with Crippen molar-refractivity contribution in [3.05, 3.63) is 95.1 Å². The molecule has 0 aliphatic carbocycles. The van der Waals surface area contributed by atoms with Crippen LogP contribution in [0.25, 0.3) is 11.1 Å². The quantitative estimate of drug-likeness (QED) is 0.585. The smallest absolute Gasteiger partial charge is 0.00231 e. The Morgan fingerprint density at radius 2 is 1.19 bits per heavy atom. The lowest BCUT2D eigenvalue weighted by Gasteiger charge is -2.07. The van der Waals surface area contributed by atoms with E-state index in [1.165, 1.54) is 33.4 Å². The molecule has 0 heteroatoms. The molecule has 0 saturated heterocycles. The second-order valence-electron chi connectivity index (χ2n) is 5.67. The van der Waals surface area contributed by atoms with Gasteiger partial charge in [0.2, 0.25) is 0 Å². The van der Waals surface area contributed by atoms with Crippen LogP contribution in [0.3, 0.4) is 0 Å². The fourth-order valence-corrected chi connectivity index (χ4v) is 2.59. The summed E-state index contributed by atoms with van der Waals surface area (Å²) < 4.78 is 0. The van der Waals surface area contributed by atoms with Gasteiger partial charge in [-0.05, 0) is 48.1 Å². The molecule has 0 spiro atoms. The maximum atomic E-state index is 2.24. The summed E-state index contributed by atoms with van der Waals surface area (Å²) in [5.41, 5.74) is 7.99. The summed E-state index contributed by atoms with van der Waals surface area (Å²) in [4.78, 5) is 0. The van der Waals surface area contributed by atoms with Gasteiger partial charge in [0.25, 0.3) is 0 Å². The maximum absolute atomic E-state index is 2.24. The summed E-state index contributed by atoms with van der Waals surface area (Å²) in [5, 5.41) is 0.